The largest absolute Gasteiger partial charge is 0.291 e. The lowest BCUT2D eigenvalue weighted by Crippen LogP contribution is -1.74. The fraction of sp³-hybridized carbons (Fsp3) is 1.00. The minimum atomic E-state index is 0.311. The van der Waals surface area contributed by atoms with Gasteiger partial charge in [0, 0.05) is 0 Å². The predicted molar refractivity (Wildman–Crippen MR) is 46.9 cm³/mol. The minimum absolute atomic E-state index is 0.311. The zero-order valence-corrected chi connectivity index (χ0v) is 8.59. The van der Waals surface area contributed by atoms with Crippen molar-refractivity contribution in [3.05, 3.63) is 0 Å². The van der Waals surface area contributed by atoms with Crippen LogP contribution in [0.3, 0.4) is 0 Å². The molecular formula is CHI3O. The van der Waals surface area contributed by atoms with E-state index in [4.69, 9.17) is 3.07 Å². The first-order valence-electron chi connectivity index (χ1n) is 0.826. The molecule has 0 rings (SSSR count). The van der Waals surface area contributed by atoms with Crippen LogP contribution in [-0.2, 0) is 3.07 Å². The molecule has 0 N–H and O–H groups in total. The summed E-state index contributed by atoms with van der Waals surface area (Å²) in [5.41, 5.74) is 0. The van der Waals surface area contributed by atoms with Crippen molar-refractivity contribution in [2.24, 2.45) is 0 Å². The van der Waals surface area contributed by atoms with Gasteiger partial charge in [0.15, 0.2) is 2.12 Å². The Bertz CT molecular complexity index is 20.9. The van der Waals surface area contributed by atoms with Crippen molar-refractivity contribution < 1.29 is 3.07 Å². The number of alkyl halides is 2. The molecule has 0 aromatic heterocycles. The van der Waals surface area contributed by atoms with Crippen LogP contribution in [0, 0.1) is 0 Å². The van der Waals surface area contributed by atoms with Crippen molar-refractivity contribution in [1.82, 2.24) is 0 Å². The van der Waals surface area contributed by atoms with Gasteiger partial charge < -0.3 is 0 Å². The molecule has 0 amide bonds. The highest BCUT2D eigenvalue weighted by atomic mass is 127. The average Bonchev–Trinajstić information content (AvgIpc) is 1.38. The highest BCUT2D eigenvalue weighted by Crippen LogP contribution is 2.13. The zero-order chi connectivity index (χ0) is 4.28. The van der Waals surface area contributed by atoms with Crippen molar-refractivity contribution >= 4 is 68.2 Å². The van der Waals surface area contributed by atoms with Gasteiger partial charge in [-0.2, -0.15) is 0 Å². The molecule has 0 aliphatic heterocycles. The standard InChI is InChI=1S/CHI3O/c2-1(3)5-4/h1H. The first kappa shape index (κ1) is 7.15. The lowest BCUT2D eigenvalue weighted by atomic mass is 11.8. The summed E-state index contributed by atoms with van der Waals surface area (Å²) < 4.78 is 5.00. The lowest BCUT2D eigenvalue weighted by Gasteiger charge is -1.86. The SMILES string of the molecule is IOC(I)I. The minimum Gasteiger partial charge on any atom is -0.291 e. The third-order valence-electron chi connectivity index (χ3n) is 0.0673. The molecule has 0 saturated carbocycles. The summed E-state index contributed by atoms with van der Waals surface area (Å²) in [5, 5.41) is 0. The van der Waals surface area contributed by atoms with Gasteiger partial charge in [-0.15, -0.1) is 0 Å². The molecule has 0 bridgehead atoms. The van der Waals surface area contributed by atoms with Gasteiger partial charge in [0.05, 0.1) is 0 Å². The topological polar surface area (TPSA) is 9.23 Å². The maximum Gasteiger partial charge on any atom is 0.171 e. The Morgan fingerprint density at radius 1 is 1.40 bits per heavy atom. The van der Waals surface area contributed by atoms with E-state index in [-0.39, 0.29) is 0 Å². The summed E-state index contributed by atoms with van der Waals surface area (Å²) in [6, 6.07) is 0. The van der Waals surface area contributed by atoms with E-state index in [2.05, 4.69) is 45.2 Å². The number of hydrogen-bond donors (Lipinski definition) is 0. The average molecular weight is 410 g/mol. The summed E-state index contributed by atoms with van der Waals surface area (Å²) in [4.78, 5) is 0. The fourth-order valence-electron chi connectivity index (χ4n) is 0. The second-order valence-electron chi connectivity index (χ2n) is 0.350. The first-order chi connectivity index (χ1) is 2.27. The fourth-order valence-corrected chi connectivity index (χ4v) is 0. The zero-order valence-electron chi connectivity index (χ0n) is 2.12. The predicted octanol–water partition coefficient (Wildman–Crippen LogP) is 2.51. The summed E-state index contributed by atoms with van der Waals surface area (Å²) in [6.45, 7) is 0. The lowest BCUT2D eigenvalue weighted by molar-refractivity contribution is 0.525. The monoisotopic (exact) mass is 410 g/mol. The van der Waals surface area contributed by atoms with E-state index in [1.165, 1.54) is 0 Å². The van der Waals surface area contributed by atoms with E-state index in [9.17, 15) is 0 Å². The summed E-state index contributed by atoms with van der Waals surface area (Å²) >= 11 is 6.19. The van der Waals surface area contributed by atoms with Gasteiger partial charge in [0.25, 0.3) is 0 Å². The van der Waals surface area contributed by atoms with E-state index in [0.717, 1.165) is 0 Å². The third kappa shape index (κ3) is 6.15. The Kier molecular flexibility index (Phi) is 6.17. The molecule has 0 radical (unpaired) electrons. The first-order valence-corrected chi connectivity index (χ1v) is 4.20. The normalized spacial score (nSPS) is 9.60. The van der Waals surface area contributed by atoms with E-state index in [1.807, 2.05) is 23.0 Å². The van der Waals surface area contributed by atoms with E-state index in [1.54, 1.807) is 0 Å². The van der Waals surface area contributed by atoms with Gasteiger partial charge in [-0.25, -0.2) is 0 Å². The van der Waals surface area contributed by atoms with Crippen LogP contribution in [0.15, 0.2) is 0 Å². The molecule has 5 heavy (non-hydrogen) atoms. The molecule has 0 aliphatic rings. The summed E-state index contributed by atoms with van der Waals surface area (Å²) in [6.07, 6.45) is 0. The molecule has 0 aromatic rings. The van der Waals surface area contributed by atoms with Crippen LogP contribution in [0.5, 0.6) is 0 Å². The van der Waals surface area contributed by atoms with Crippen LogP contribution in [0.25, 0.3) is 0 Å². The third-order valence-corrected chi connectivity index (χ3v) is 3.03. The molecule has 0 aromatic carbocycles. The van der Waals surface area contributed by atoms with Crippen molar-refractivity contribution in [2.45, 2.75) is 2.12 Å². The number of rotatable bonds is 1. The number of hydrogen-bond acceptors (Lipinski definition) is 1. The Labute approximate surface area is 72.2 Å². The van der Waals surface area contributed by atoms with Crippen molar-refractivity contribution in [3.8, 4) is 0 Å². The highest BCUT2D eigenvalue weighted by molar-refractivity contribution is 14.2. The van der Waals surface area contributed by atoms with Gasteiger partial charge >= 0.3 is 0 Å². The second-order valence-corrected chi connectivity index (χ2v) is 5.50. The van der Waals surface area contributed by atoms with Gasteiger partial charge in [-0.1, -0.05) is 0 Å². The van der Waals surface area contributed by atoms with Crippen LogP contribution in [0.4, 0.5) is 0 Å². The van der Waals surface area contributed by atoms with Crippen LogP contribution in [-0.4, -0.2) is 2.12 Å². The molecule has 0 unspecified atom stereocenters. The Morgan fingerprint density at radius 3 is 1.60 bits per heavy atom. The molecule has 0 atom stereocenters. The van der Waals surface area contributed by atoms with Crippen LogP contribution in [0.1, 0.15) is 0 Å². The molecule has 1 nitrogen and oxygen atoms in total. The molecule has 0 heterocycles. The van der Waals surface area contributed by atoms with E-state index in [0.29, 0.717) is 2.12 Å². The maximum atomic E-state index is 4.69. The Morgan fingerprint density at radius 2 is 1.60 bits per heavy atom. The Hall–Kier alpha value is 2.15. The number of halogens is 3. The molecule has 0 spiro atoms. The van der Waals surface area contributed by atoms with E-state index >= 15 is 0 Å². The van der Waals surface area contributed by atoms with Crippen LogP contribution >= 0.6 is 68.2 Å². The van der Waals surface area contributed by atoms with Crippen molar-refractivity contribution in [1.29, 1.82) is 0 Å². The van der Waals surface area contributed by atoms with Crippen LogP contribution < -0.4 is 0 Å². The van der Waals surface area contributed by atoms with Crippen LogP contribution in [0.2, 0.25) is 0 Å². The smallest absolute Gasteiger partial charge is 0.171 e. The molecule has 0 saturated heterocycles. The highest BCUT2D eigenvalue weighted by Gasteiger charge is 1.86. The maximum absolute atomic E-state index is 4.69. The Balaban J connectivity index is 2.54. The van der Waals surface area contributed by atoms with Gasteiger partial charge in [0.2, 0.25) is 0 Å². The molecule has 32 valence electrons. The van der Waals surface area contributed by atoms with Crippen molar-refractivity contribution in [3.63, 3.8) is 0 Å². The van der Waals surface area contributed by atoms with Crippen molar-refractivity contribution in [2.75, 3.05) is 0 Å². The van der Waals surface area contributed by atoms with Gasteiger partial charge in [-0.3, -0.25) is 3.07 Å². The quantitative estimate of drug-likeness (QED) is 0.478. The second kappa shape index (κ2) is 4.31. The molecular weight excluding hydrogens is 409 g/mol. The molecule has 0 aliphatic carbocycles. The van der Waals surface area contributed by atoms with Gasteiger partial charge in [0.1, 0.15) is 23.0 Å². The molecule has 4 heteroatoms. The summed E-state index contributed by atoms with van der Waals surface area (Å²) in [7, 11) is 0. The molecule has 0 fully saturated rings. The van der Waals surface area contributed by atoms with E-state index < -0.39 is 0 Å². The summed E-state index contributed by atoms with van der Waals surface area (Å²) in [5.74, 6) is 0. The van der Waals surface area contributed by atoms with Gasteiger partial charge in [-0.05, 0) is 45.2 Å².